The number of nitrogens with two attached hydrogens (primary N) is 1. The Morgan fingerprint density at radius 2 is 1.96 bits per heavy atom. The Morgan fingerprint density at radius 3 is 2.57 bits per heavy atom. The normalized spacial score (nSPS) is 16.7. The molecule has 152 valence electrons. The summed E-state index contributed by atoms with van der Waals surface area (Å²) in [5.74, 6) is 0.929. The summed E-state index contributed by atoms with van der Waals surface area (Å²) in [4.78, 5) is 9.43. The van der Waals surface area contributed by atoms with Gasteiger partial charge in [-0.15, -0.1) is 0 Å². The number of ether oxygens (including phenoxy) is 1. The maximum atomic E-state index is 5.76. The molecule has 5 heteroatoms. The largest absolute Gasteiger partial charge is 0.494 e. The van der Waals surface area contributed by atoms with E-state index in [0.29, 0.717) is 18.7 Å². The molecule has 0 amide bonds. The summed E-state index contributed by atoms with van der Waals surface area (Å²) in [6.45, 7) is 8.91. The summed E-state index contributed by atoms with van der Waals surface area (Å²) in [5, 5.41) is 0. The SMILES string of the molecule is CCOc1ccc(N(Cc2cccnc2)C2CCN(C(C)CCN)CC2)cc1. The summed E-state index contributed by atoms with van der Waals surface area (Å²) < 4.78 is 5.62. The Kier molecular flexibility index (Phi) is 7.69. The van der Waals surface area contributed by atoms with Crippen molar-refractivity contribution in [2.24, 2.45) is 5.73 Å². The van der Waals surface area contributed by atoms with Crippen LogP contribution >= 0.6 is 0 Å². The second-order valence-corrected chi connectivity index (χ2v) is 7.61. The minimum Gasteiger partial charge on any atom is -0.494 e. The van der Waals surface area contributed by atoms with Crippen molar-refractivity contribution in [3.63, 3.8) is 0 Å². The maximum absolute atomic E-state index is 5.76. The molecular formula is C23H34N4O. The van der Waals surface area contributed by atoms with Crippen molar-refractivity contribution in [1.29, 1.82) is 0 Å². The van der Waals surface area contributed by atoms with E-state index >= 15 is 0 Å². The highest BCUT2D eigenvalue weighted by atomic mass is 16.5. The molecule has 0 bridgehead atoms. The monoisotopic (exact) mass is 382 g/mol. The van der Waals surface area contributed by atoms with Crippen LogP contribution in [0.15, 0.2) is 48.8 Å². The molecule has 5 nitrogen and oxygen atoms in total. The highest BCUT2D eigenvalue weighted by molar-refractivity contribution is 5.50. The number of anilines is 1. The molecule has 1 saturated heterocycles. The van der Waals surface area contributed by atoms with Crippen molar-refractivity contribution < 1.29 is 4.74 Å². The Hall–Kier alpha value is -2.11. The van der Waals surface area contributed by atoms with Gasteiger partial charge in [0, 0.05) is 49.8 Å². The average Bonchev–Trinajstić information content (AvgIpc) is 2.74. The van der Waals surface area contributed by atoms with Crippen LogP contribution in [0.4, 0.5) is 5.69 Å². The molecule has 1 aliphatic rings. The van der Waals surface area contributed by atoms with E-state index in [-0.39, 0.29) is 0 Å². The predicted molar refractivity (Wildman–Crippen MR) is 116 cm³/mol. The standard InChI is InChI=1S/C23H34N4O/c1-3-28-23-8-6-21(7-9-23)27(18-20-5-4-14-25-17-20)22-11-15-26(16-12-22)19(2)10-13-24/h4-9,14,17,19,22H,3,10-13,15-16,18,24H2,1-2H3. The van der Waals surface area contributed by atoms with Crippen LogP contribution in [0.25, 0.3) is 0 Å². The molecule has 0 radical (unpaired) electrons. The fourth-order valence-corrected chi connectivity index (χ4v) is 4.08. The molecule has 2 heterocycles. The van der Waals surface area contributed by atoms with E-state index in [4.69, 9.17) is 10.5 Å². The zero-order chi connectivity index (χ0) is 19.8. The van der Waals surface area contributed by atoms with Gasteiger partial charge < -0.3 is 20.3 Å². The quantitative estimate of drug-likeness (QED) is 0.717. The van der Waals surface area contributed by atoms with Crippen LogP contribution < -0.4 is 15.4 Å². The van der Waals surface area contributed by atoms with Gasteiger partial charge in [0.25, 0.3) is 0 Å². The third kappa shape index (κ3) is 5.46. The number of rotatable bonds is 9. The van der Waals surface area contributed by atoms with Crippen molar-refractivity contribution in [3.8, 4) is 5.75 Å². The first-order valence-electron chi connectivity index (χ1n) is 10.5. The molecule has 0 aliphatic carbocycles. The van der Waals surface area contributed by atoms with Gasteiger partial charge in [0.15, 0.2) is 0 Å². The number of benzene rings is 1. The molecule has 1 aliphatic heterocycles. The molecule has 0 saturated carbocycles. The Balaban J connectivity index is 1.73. The van der Waals surface area contributed by atoms with E-state index in [1.807, 2.05) is 25.4 Å². The van der Waals surface area contributed by atoms with Crippen LogP contribution in [0.2, 0.25) is 0 Å². The molecule has 3 rings (SSSR count). The summed E-state index contributed by atoms with van der Waals surface area (Å²) in [5.41, 5.74) is 8.25. The fourth-order valence-electron chi connectivity index (χ4n) is 4.08. The van der Waals surface area contributed by atoms with Gasteiger partial charge >= 0.3 is 0 Å². The van der Waals surface area contributed by atoms with Crippen LogP contribution in [0, 0.1) is 0 Å². The van der Waals surface area contributed by atoms with E-state index < -0.39 is 0 Å². The Morgan fingerprint density at radius 1 is 1.21 bits per heavy atom. The minimum atomic E-state index is 0.527. The zero-order valence-electron chi connectivity index (χ0n) is 17.3. The molecule has 1 aromatic heterocycles. The molecule has 1 fully saturated rings. The fraction of sp³-hybridized carbons (Fsp3) is 0.522. The summed E-state index contributed by atoms with van der Waals surface area (Å²) in [6.07, 6.45) is 7.22. The lowest BCUT2D eigenvalue weighted by Crippen LogP contribution is -2.47. The van der Waals surface area contributed by atoms with Gasteiger partial charge in [0.2, 0.25) is 0 Å². The number of piperidine rings is 1. The minimum absolute atomic E-state index is 0.527. The lowest BCUT2D eigenvalue weighted by molar-refractivity contribution is 0.154. The highest BCUT2D eigenvalue weighted by Gasteiger charge is 2.27. The summed E-state index contributed by atoms with van der Waals surface area (Å²) >= 11 is 0. The Labute approximate surface area is 169 Å². The highest BCUT2D eigenvalue weighted by Crippen LogP contribution is 2.28. The molecule has 1 unspecified atom stereocenters. The predicted octanol–water partition coefficient (Wildman–Crippen LogP) is 3.69. The van der Waals surface area contributed by atoms with Gasteiger partial charge in [0.1, 0.15) is 5.75 Å². The van der Waals surface area contributed by atoms with Gasteiger partial charge in [-0.3, -0.25) is 4.98 Å². The number of nitrogens with zero attached hydrogens (tertiary/aromatic N) is 3. The van der Waals surface area contributed by atoms with Crippen molar-refractivity contribution in [1.82, 2.24) is 9.88 Å². The molecule has 2 N–H and O–H groups in total. The number of likely N-dealkylation sites (tertiary alicyclic amines) is 1. The van der Waals surface area contributed by atoms with Gasteiger partial charge in [-0.25, -0.2) is 0 Å². The third-order valence-electron chi connectivity index (χ3n) is 5.70. The first-order valence-corrected chi connectivity index (χ1v) is 10.5. The van der Waals surface area contributed by atoms with E-state index in [1.165, 1.54) is 24.1 Å². The third-order valence-corrected chi connectivity index (χ3v) is 5.70. The summed E-state index contributed by atoms with van der Waals surface area (Å²) in [6, 6.07) is 13.8. The zero-order valence-corrected chi connectivity index (χ0v) is 17.3. The maximum Gasteiger partial charge on any atom is 0.119 e. The topological polar surface area (TPSA) is 54.6 Å². The van der Waals surface area contributed by atoms with Gasteiger partial charge in [0.05, 0.1) is 6.61 Å². The van der Waals surface area contributed by atoms with Crippen molar-refractivity contribution in [3.05, 3.63) is 54.4 Å². The lowest BCUT2D eigenvalue weighted by Gasteiger charge is -2.42. The van der Waals surface area contributed by atoms with E-state index in [1.54, 1.807) is 0 Å². The number of hydrogen-bond acceptors (Lipinski definition) is 5. The lowest BCUT2D eigenvalue weighted by atomic mass is 9.99. The smallest absolute Gasteiger partial charge is 0.119 e. The van der Waals surface area contributed by atoms with Crippen LogP contribution in [0.5, 0.6) is 5.75 Å². The van der Waals surface area contributed by atoms with E-state index in [0.717, 1.165) is 38.3 Å². The molecule has 28 heavy (non-hydrogen) atoms. The van der Waals surface area contributed by atoms with E-state index in [2.05, 4.69) is 52.0 Å². The molecule has 0 spiro atoms. The van der Waals surface area contributed by atoms with Crippen LogP contribution in [0.3, 0.4) is 0 Å². The van der Waals surface area contributed by atoms with Gasteiger partial charge in [-0.2, -0.15) is 0 Å². The summed E-state index contributed by atoms with van der Waals surface area (Å²) in [7, 11) is 0. The van der Waals surface area contributed by atoms with Crippen molar-refractivity contribution in [2.45, 2.75) is 51.7 Å². The second kappa shape index (κ2) is 10.4. The number of pyridine rings is 1. The van der Waals surface area contributed by atoms with Crippen molar-refractivity contribution >= 4 is 5.69 Å². The van der Waals surface area contributed by atoms with Gasteiger partial charge in [-0.05, 0) is 75.5 Å². The number of aromatic nitrogens is 1. The number of hydrogen-bond donors (Lipinski definition) is 1. The van der Waals surface area contributed by atoms with Crippen LogP contribution in [-0.2, 0) is 6.54 Å². The second-order valence-electron chi connectivity index (χ2n) is 7.61. The van der Waals surface area contributed by atoms with Crippen molar-refractivity contribution in [2.75, 3.05) is 31.1 Å². The van der Waals surface area contributed by atoms with Crippen LogP contribution in [0.1, 0.15) is 38.7 Å². The van der Waals surface area contributed by atoms with Gasteiger partial charge in [-0.1, -0.05) is 6.07 Å². The molecule has 1 atom stereocenters. The molecular weight excluding hydrogens is 348 g/mol. The Bertz CT molecular complexity index is 684. The average molecular weight is 383 g/mol. The first-order chi connectivity index (χ1) is 13.7. The van der Waals surface area contributed by atoms with Crippen LogP contribution in [-0.4, -0.2) is 48.2 Å². The first kappa shape index (κ1) is 20.6. The van der Waals surface area contributed by atoms with E-state index in [9.17, 15) is 0 Å². The molecule has 1 aromatic carbocycles. The molecule has 2 aromatic rings.